The lowest BCUT2D eigenvalue weighted by Crippen LogP contribution is -2.30. The van der Waals surface area contributed by atoms with E-state index in [2.05, 4.69) is 5.32 Å². The molecule has 5 nitrogen and oxygen atoms in total. The lowest BCUT2D eigenvalue weighted by molar-refractivity contribution is -0.123. The first-order valence-corrected chi connectivity index (χ1v) is 7.22. The van der Waals surface area contributed by atoms with E-state index in [1.807, 2.05) is 25.1 Å². The van der Waals surface area contributed by atoms with Crippen molar-refractivity contribution < 1.29 is 19.1 Å². The highest BCUT2D eigenvalue weighted by Gasteiger charge is 2.19. The number of anilines is 1. The summed E-state index contributed by atoms with van der Waals surface area (Å²) in [6.45, 7) is 3.46. The quantitative estimate of drug-likeness (QED) is 0.861. The number of esters is 1. The van der Waals surface area contributed by atoms with Crippen LogP contribution in [0.25, 0.3) is 0 Å². The predicted molar refractivity (Wildman–Crippen MR) is 87.7 cm³/mol. The molecule has 1 amide bonds. The summed E-state index contributed by atoms with van der Waals surface area (Å²) in [5.74, 6) is -0.404. The van der Waals surface area contributed by atoms with E-state index in [-0.39, 0.29) is 5.91 Å². The van der Waals surface area contributed by atoms with Crippen LogP contribution in [0.4, 0.5) is 5.69 Å². The van der Waals surface area contributed by atoms with Gasteiger partial charge in [0.25, 0.3) is 5.91 Å². The molecule has 5 heteroatoms. The summed E-state index contributed by atoms with van der Waals surface area (Å²) in [6, 6.07) is 14.0. The zero-order valence-electron chi connectivity index (χ0n) is 13.3. The number of hydrogen-bond acceptors (Lipinski definition) is 4. The Morgan fingerprint density at radius 1 is 1.09 bits per heavy atom. The van der Waals surface area contributed by atoms with Crippen LogP contribution in [0.2, 0.25) is 0 Å². The molecule has 0 heterocycles. The first-order chi connectivity index (χ1) is 11.0. The fourth-order valence-electron chi connectivity index (χ4n) is 2.00. The molecule has 2 aromatic rings. The molecule has 0 fully saturated rings. The van der Waals surface area contributed by atoms with Gasteiger partial charge in [-0.15, -0.1) is 0 Å². The fourth-order valence-corrected chi connectivity index (χ4v) is 2.00. The minimum absolute atomic E-state index is 0.333. The van der Waals surface area contributed by atoms with Crippen molar-refractivity contribution in [3.05, 3.63) is 59.7 Å². The molecule has 0 aliphatic carbocycles. The summed E-state index contributed by atoms with van der Waals surface area (Å²) in [5, 5.41) is 2.72. The molecular formula is C18H19NO4. The number of amides is 1. The Morgan fingerprint density at radius 3 is 2.52 bits per heavy atom. The average Bonchev–Trinajstić information content (AvgIpc) is 2.54. The highest BCUT2D eigenvalue weighted by atomic mass is 16.5. The van der Waals surface area contributed by atoms with Crippen LogP contribution in [0.15, 0.2) is 48.5 Å². The molecule has 0 bridgehead atoms. The van der Waals surface area contributed by atoms with Crippen molar-refractivity contribution in [2.45, 2.75) is 20.0 Å². The van der Waals surface area contributed by atoms with Gasteiger partial charge in [-0.05, 0) is 49.7 Å². The summed E-state index contributed by atoms with van der Waals surface area (Å²) in [6.07, 6.45) is -0.908. The molecule has 0 saturated carbocycles. The maximum Gasteiger partial charge on any atom is 0.339 e. The maximum atomic E-state index is 12.1. The molecule has 23 heavy (non-hydrogen) atoms. The molecule has 0 radical (unpaired) electrons. The minimum atomic E-state index is -0.908. The van der Waals surface area contributed by atoms with E-state index >= 15 is 0 Å². The van der Waals surface area contributed by atoms with Crippen molar-refractivity contribution in [2.75, 3.05) is 12.4 Å². The van der Waals surface area contributed by atoms with E-state index in [1.165, 1.54) is 14.0 Å². The molecule has 0 aliphatic rings. The van der Waals surface area contributed by atoms with Crippen molar-refractivity contribution >= 4 is 17.6 Å². The second-order valence-electron chi connectivity index (χ2n) is 5.14. The molecule has 0 unspecified atom stereocenters. The van der Waals surface area contributed by atoms with Gasteiger partial charge in [-0.2, -0.15) is 0 Å². The zero-order chi connectivity index (χ0) is 16.8. The van der Waals surface area contributed by atoms with Crippen molar-refractivity contribution in [1.82, 2.24) is 0 Å². The molecule has 0 saturated heterocycles. The number of methoxy groups -OCH3 is 1. The van der Waals surface area contributed by atoms with Crippen LogP contribution in [0, 0.1) is 6.92 Å². The maximum absolute atomic E-state index is 12.1. The van der Waals surface area contributed by atoms with Crippen LogP contribution < -0.4 is 10.1 Å². The monoisotopic (exact) mass is 313 g/mol. The Labute approximate surface area is 135 Å². The second kappa shape index (κ2) is 7.45. The van der Waals surface area contributed by atoms with Crippen molar-refractivity contribution in [1.29, 1.82) is 0 Å². The number of nitrogens with one attached hydrogen (secondary N) is 1. The first kappa shape index (κ1) is 16.5. The Kier molecular flexibility index (Phi) is 5.36. The molecule has 0 aromatic heterocycles. The molecule has 0 spiro atoms. The Bertz CT molecular complexity index is 712. The SMILES string of the molecule is COc1cccc(C(=O)O[C@H](C)C(=O)Nc2cccc(C)c2)c1. The van der Waals surface area contributed by atoms with Crippen LogP contribution in [-0.4, -0.2) is 25.1 Å². The van der Waals surface area contributed by atoms with Gasteiger partial charge in [0.2, 0.25) is 0 Å². The van der Waals surface area contributed by atoms with E-state index in [0.29, 0.717) is 17.0 Å². The van der Waals surface area contributed by atoms with Crippen molar-refractivity contribution in [3.8, 4) is 5.75 Å². The topological polar surface area (TPSA) is 64.6 Å². The van der Waals surface area contributed by atoms with Crippen LogP contribution in [0.3, 0.4) is 0 Å². The summed E-state index contributed by atoms with van der Waals surface area (Å²) >= 11 is 0. The van der Waals surface area contributed by atoms with Crippen LogP contribution in [0.5, 0.6) is 5.75 Å². The highest BCUT2D eigenvalue weighted by Crippen LogP contribution is 2.15. The van der Waals surface area contributed by atoms with Gasteiger partial charge in [-0.3, -0.25) is 4.79 Å². The predicted octanol–water partition coefficient (Wildman–Crippen LogP) is 3.19. The molecule has 1 N–H and O–H groups in total. The zero-order valence-corrected chi connectivity index (χ0v) is 13.3. The Balaban J connectivity index is 1.98. The van der Waals surface area contributed by atoms with Crippen LogP contribution in [0.1, 0.15) is 22.8 Å². The normalized spacial score (nSPS) is 11.4. The van der Waals surface area contributed by atoms with Crippen molar-refractivity contribution in [2.24, 2.45) is 0 Å². The third-order valence-electron chi connectivity index (χ3n) is 3.24. The Hall–Kier alpha value is -2.82. The smallest absolute Gasteiger partial charge is 0.339 e. The van der Waals surface area contributed by atoms with Crippen LogP contribution in [-0.2, 0) is 9.53 Å². The number of hydrogen-bond donors (Lipinski definition) is 1. The molecule has 120 valence electrons. The van der Waals surface area contributed by atoms with Crippen molar-refractivity contribution in [3.63, 3.8) is 0 Å². The number of carbonyl (C=O) groups excluding carboxylic acids is 2. The lowest BCUT2D eigenvalue weighted by atomic mass is 10.2. The average molecular weight is 313 g/mol. The standard InChI is InChI=1S/C18H19NO4/c1-12-6-4-8-15(10-12)19-17(20)13(2)23-18(21)14-7-5-9-16(11-14)22-3/h4-11,13H,1-3H3,(H,19,20)/t13-/m1/s1. The highest BCUT2D eigenvalue weighted by molar-refractivity contribution is 5.97. The van der Waals surface area contributed by atoms with Gasteiger partial charge in [0, 0.05) is 5.69 Å². The molecule has 1 atom stereocenters. The summed E-state index contributed by atoms with van der Waals surface area (Å²) in [7, 11) is 1.52. The Morgan fingerprint density at radius 2 is 1.83 bits per heavy atom. The van der Waals surface area contributed by atoms with Gasteiger partial charge in [0.15, 0.2) is 6.10 Å². The van der Waals surface area contributed by atoms with Gasteiger partial charge in [0.1, 0.15) is 5.75 Å². The van der Waals surface area contributed by atoms with E-state index in [1.54, 1.807) is 30.3 Å². The van der Waals surface area contributed by atoms with E-state index in [0.717, 1.165) is 5.56 Å². The van der Waals surface area contributed by atoms with E-state index in [4.69, 9.17) is 9.47 Å². The summed E-state index contributed by atoms with van der Waals surface area (Å²) in [4.78, 5) is 24.2. The largest absolute Gasteiger partial charge is 0.497 e. The molecule has 2 rings (SSSR count). The molecule has 0 aliphatic heterocycles. The van der Waals surface area contributed by atoms with E-state index in [9.17, 15) is 9.59 Å². The van der Waals surface area contributed by atoms with E-state index < -0.39 is 12.1 Å². The fraction of sp³-hybridized carbons (Fsp3) is 0.222. The molecule has 2 aromatic carbocycles. The lowest BCUT2D eigenvalue weighted by Gasteiger charge is -2.14. The second-order valence-corrected chi connectivity index (χ2v) is 5.14. The summed E-state index contributed by atoms with van der Waals surface area (Å²) < 4.78 is 10.3. The minimum Gasteiger partial charge on any atom is -0.497 e. The first-order valence-electron chi connectivity index (χ1n) is 7.22. The number of aryl methyl sites for hydroxylation is 1. The van der Waals surface area contributed by atoms with Gasteiger partial charge in [0.05, 0.1) is 12.7 Å². The number of benzene rings is 2. The van der Waals surface area contributed by atoms with Crippen LogP contribution >= 0.6 is 0 Å². The third kappa shape index (κ3) is 4.57. The number of rotatable bonds is 5. The van der Waals surface area contributed by atoms with Gasteiger partial charge in [-0.1, -0.05) is 18.2 Å². The molecular weight excluding hydrogens is 294 g/mol. The van der Waals surface area contributed by atoms with Gasteiger partial charge < -0.3 is 14.8 Å². The number of ether oxygens (including phenoxy) is 2. The number of carbonyl (C=O) groups is 2. The summed E-state index contributed by atoms with van der Waals surface area (Å²) in [5.41, 5.74) is 2.03. The van der Waals surface area contributed by atoms with Gasteiger partial charge >= 0.3 is 5.97 Å². The third-order valence-corrected chi connectivity index (χ3v) is 3.24. The van der Waals surface area contributed by atoms with Gasteiger partial charge in [-0.25, -0.2) is 4.79 Å².